The number of aromatic nitrogens is 2. The summed E-state index contributed by atoms with van der Waals surface area (Å²) < 4.78 is 1.65. The number of anilines is 1. The lowest BCUT2D eigenvalue weighted by Crippen LogP contribution is -2.14. The molecular weight excluding hydrogens is 240 g/mol. The molecular formula is C14H18N4O. The summed E-state index contributed by atoms with van der Waals surface area (Å²) in [6.45, 7) is 0.363. The van der Waals surface area contributed by atoms with Crippen molar-refractivity contribution in [1.82, 2.24) is 9.78 Å². The number of carbonyl (C=O) groups excluding carboxylic acids is 1. The van der Waals surface area contributed by atoms with Gasteiger partial charge in [0.25, 0.3) is 0 Å². The molecule has 5 nitrogen and oxygen atoms in total. The Balaban J connectivity index is 1.91. The number of nitrogens with zero attached hydrogens (tertiary/aromatic N) is 2. The number of rotatable bonds is 5. The minimum Gasteiger partial charge on any atom is -0.326 e. The fraction of sp³-hybridized carbons (Fsp3) is 0.286. The van der Waals surface area contributed by atoms with E-state index in [2.05, 4.69) is 10.4 Å². The van der Waals surface area contributed by atoms with Crippen LogP contribution in [-0.4, -0.2) is 15.7 Å². The monoisotopic (exact) mass is 258 g/mol. The van der Waals surface area contributed by atoms with Gasteiger partial charge in [0.15, 0.2) is 5.82 Å². The summed E-state index contributed by atoms with van der Waals surface area (Å²) in [6.07, 6.45) is 2.97. The van der Waals surface area contributed by atoms with Gasteiger partial charge in [-0.3, -0.25) is 9.48 Å². The van der Waals surface area contributed by atoms with E-state index in [-0.39, 0.29) is 5.91 Å². The first-order chi connectivity index (χ1) is 9.19. The van der Waals surface area contributed by atoms with Crippen molar-refractivity contribution in [2.45, 2.75) is 19.4 Å². The molecule has 1 amide bonds. The van der Waals surface area contributed by atoms with E-state index in [1.165, 1.54) is 0 Å². The second kappa shape index (κ2) is 6.15. The highest BCUT2D eigenvalue weighted by Gasteiger charge is 2.09. The lowest BCUT2D eigenvalue weighted by atomic mass is 10.1. The zero-order chi connectivity index (χ0) is 13.7. The van der Waals surface area contributed by atoms with Crippen LogP contribution in [0.1, 0.15) is 17.5 Å². The molecule has 19 heavy (non-hydrogen) atoms. The highest BCUT2D eigenvalue weighted by Crippen LogP contribution is 2.12. The fourth-order valence-corrected chi connectivity index (χ4v) is 1.89. The van der Waals surface area contributed by atoms with Gasteiger partial charge < -0.3 is 11.1 Å². The predicted molar refractivity (Wildman–Crippen MR) is 74.5 cm³/mol. The van der Waals surface area contributed by atoms with E-state index in [4.69, 9.17) is 5.73 Å². The van der Waals surface area contributed by atoms with Crippen molar-refractivity contribution < 1.29 is 4.79 Å². The fourth-order valence-electron chi connectivity index (χ4n) is 1.89. The normalized spacial score (nSPS) is 10.4. The molecule has 1 aromatic carbocycles. The van der Waals surface area contributed by atoms with E-state index < -0.39 is 0 Å². The highest BCUT2D eigenvalue weighted by atomic mass is 16.1. The minimum absolute atomic E-state index is 0.0442. The summed E-state index contributed by atoms with van der Waals surface area (Å²) in [5.41, 5.74) is 7.59. The van der Waals surface area contributed by atoms with Crippen molar-refractivity contribution in [2.24, 2.45) is 12.8 Å². The van der Waals surface area contributed by atoms with E-state index in [9.17, 15) is 4.79 Å². The minimum atomic E-state index is -0.0442. The van der Waals surface area contributed by atoms with Crippen LogP contribution in [0.25, 0.3) is 0 Å². The Labute approximate surface area is 112 Å². The number of benzene rings is 1. The van der Waals surface area contributed by atoms with Crippen molar-refractivity contribution in [3.05, 3.63) is 47.7 Å². The first kappa shape index (κ1) is 13.3. The number of hydrogen-bond donors (Lipinski definition) is 2. The van der Waals surface area contributed by atoms with Gasteiger partial charge in [-0.05, 0) is 12.0 Å². The van der Waals surface area contributed by atoms with Gasteiger partial charge in [-0.25, -0.2) is 0 Å². The van der Waals surface area contributed by atoms with Gasteiger partial charge in [0.05, 0.1) is 0 Å². The Hall–Kier alpha value is -2.14. The molecule has 0 aliphatic heterocycles. The molecule has 2 aromatic rings. The maximum atomic E-state index is 11.9. The zero-order valence-corrected chi connectivity index (χ0v) is 11.0. The molecule has 0 spiro atoms. The van der Waals surface area contributed by atoms with Crippen molar-refractivity contribution >= 4 is 11.7 Å². The molecule has 1 aromatic heterocycles. The summed E-state index contributed by atoms with van der Waals surface area (Å²) in [4.78, 5) is 11.9. The van der Waals surface area contributed by atoms with Crippen molar-refractivity contribution in [3.63, 3.8) is 0 Å². The van der Waals surface area contributed by atoms with Crippen molar-refractivity contribution in [2.75, 3.05) is 5.32 Å². The number of aryl methyl sites for hydroxylation is 2. The predicted octanol–water partition coefficient (Wildman–Crippen LogP) is 1.45. The average Bonchev–Trinajstić information content (AvgIpc) is 2.77. The van der Waals surface area contributed by atoms with Crippen LogP contribution in [0.2, 0.25) is 0 Å². The molecule has 0 aliphatic carbocycles. The Morgan fingerprint density at radius 3 is 2.79 bits per heavy atom. The van der Waals surface area contributed by atoms with Gasteiger partial charge in [0.2, 0.25) is 5.91 Å². The number of nitrogens with one attached hydrogen (secondary N) is 1. The maximum absolute atomic E-state index is 11.9. The van der Waals surface area contributed by atoms with Gasteiger partial charge in [0.1, 0.15) is 0 Å². The Morgan fingerprint density at radius 1 is 1.37 bits per heavy atom. The summed E-state index contributed by atoms with van der Waals surface area (Å²) >= 11 is 0. The van der Waals surface area contributed by atoms with Gasteiger partial charge in [-0.1, -0.05) is 30.3 Å². The van der Waals surface area contributed by atoms with Crippen LogP contribution < -0.4 is 11.1 Å². The first-order valence-corrected chi connectivity index (χ1v) is 6.25. The molecule has 0 bridgehead atoms. The van der Waals surface area contributed by atoms with Crippen LogP contribution >= 0.6 is 0 Å². The summed E-state index contributed by atoms with van der Waals surface area (Å²) in [5.74, 6) is 0.514. The molecule has 0 atom stereocenters. The molecule has 100 valence electrons. The third-order valence-corrected chi connectivity index (χ3v) is 2.87. The second-order valence-corrected chi connectivity index (χ2v) is 4.41. The first-order valence-electron chi connectivity index (χ1n) is 6.25. The lowest BCUT2D eigenvalue weighted by molar-refractivity contribution is -0.116. The van der Waals surface area contributed by atoms with E-state index in [1.807, 2.05) is 36.5 Å². The van der Waals surface area contributed by atoms with E-state index in [1.54, 1.807) is 11.7 Å². The molecule has 0 aliphatic rings. The standard InChI is InChI=1S/C14H18N4O/c1-18-10-12(9-15)14(17-18)16-13(19)8-7-11-5-3-2-4-6-11/h2-6,10H,7-9,15H2,1H3,(H,16,17,19). The van der Waals surface area contributed by atoms with Crippen molar-refractivity contribution in [1.29, 1.82) is 0 Å². The zero-order valence-electron chi connectivity index (χ0n) is 11.0. The van der Waals surface area contributed by atoms with Crippen molar-refractivity contribution in [3.8, 4) is 0 Å². The largest absolute Gasteiger partial charge is 0.326 e. The second-order valence-electron chi connectivity index (χ2n) is 4.41. The van der Waals surface area contributed by atoms with Crippen LogP contribution in [0.4, 0.5) is 5.82 Å². The molecule has 0 radical (unpaired) electrons. The molecule has 0 saturated heterocycles. The SMILES string of the molecule is Cn1cc(CN)c(NC(=O)CCc2ccccc2)n1. The quantitative estimate of drug-likeness (QED) is 0.852. The molecule has 1 heterocycles. The molecule has 0 saturated carbocycles. The molecule has 5 heteroatoms. The topological polar surface area (TPSA) is 72.9 Å². The number of carbonyl (C=O) groups is 1. The van der Waals surface area contributed by atoms with E-state index in [0.29, 0.717) is 18.8 Å². The van der Waals surface area contributed by atoms with Crippen LogP contribution in [0, 0.1) is 0 Å². The highest BCUT2D eigenvalue weighted by molar-refractivity contribution is 5.90. The molecule has 0 unspecified atom stereocenters. The number of hydrogen-bond acceptors (Lipinski definition) is 3. The Bertz CT molecular complexity index is 548. The molecule has 3 N–H and O–H groups in total. The summed E-state index contributed by atoms with van der Waals surface area (Å²) in [7, 11) is 1.80. The Kier molecular flexibility index (Phi) is 4.30. The van der Waals surface area contributed by atoms with Crippen LogP contribution in [-0.2, 0) is 24.8 Å². The maximum Gasteiger partial charge on any atom is 0.225 e. The van der Waals surface area contributed by atoms with E-state index in [0.717, 1.165) is 17.5 Å². The van der Waals surface area contributed by atoms with Crippen LogP contribution in [0.5, 0.6) is 0 Å². The summed E-state index contributed by atoms with van der Waals surface area (Å²) in [5, 5.41) is 6.98. The average molecular weight is 258 g/mol. The van der Waals surface area contributed by atoms with E-state index >= 15 is 0 Å². The van der Waals surface area contributed by atoms with Gasteiger partial charge in [-0.15, -0.1) is 0 Å². The molecule has 2 rings (SSSR count). The third-order valence-electron chi connectivity index (χ3n) is 2.87. The van der Waals surface area contributed by atoms with Crippen LogP contribution in [0.15, 0.2) is 36.5 Å². The summed E-state index contributed by atoms with van der Waals surface area (Å²) in [6, 6.07) is 9.93. The lowest BCUT2D eigenvalue weighted by Gasteiger charge is -2.04. The van der Waals surface area contributed by atoms with Crippen LogP contribution in [0.3, 0.4) is 0 Å². The Morgan fingerprint density at radius 2 is 2.11 bits per heavy atom. The number of nitrogens with two attached hydrogens (primary N) is 1. The number of amides is 1. The smallest absolute Gasteiger partial charge is 0.225 e. The third kappa shape index (κ3) is 3.66. The molecule has 0 fully saturated rings. The van der Waals surface area contributed by atoms with Gasteiger partial charge in [0, 0.05) is 31.8 Å². The van der Waals surface area contributed by atoms with Gasteiger partial charge >= 0.3 is 0 Å². The van der Waals surface area contributed by atoms with Gasteiger partial charge in [-0.2, -0.15) is 5.10 Å².